The van der Waals surface area contributed by atoms with Crippen molar-refractivity contribution in [3.8, 4) is 5.75 Å². The second kappa shape index (κ2) is 10.5. The molecule has 0 saturated carbocycles. The topological polar surface area (TPSA) is 63.7 Å². The van der Waals surface area contributed by atoms with Crippen molar-refractivity contribution in [3.63, 3.8) is 0 Å². The highest BCUT2D eigenvalue weighted by atomic mass is 79.9. The van der Waals surface area contributed by atoms with Crippen molar-refractivity contribution in [1.29, 1.82) is 0 Å². The van der Waals surface area contributed by atoms with Crippen LogP contribution in [-0.4, -0.2) is 22.0 Å². The first-order valence-corrected chi connectivity index (χ1v) is 12.4. The molecule has 1 saturated heterocycles. The maximum atomic E-state index is 13.0. The van der Waals surface area contributed by atoms with Crippen molar-refractivity contribution in [2.24, 2.45) is 0 Å². The summed E-state index contributed by atoms with van der Waals surface area (Å²) in [7, 11) is 0. The molecule has 0 N–H and O–H groups in total. The van der Waals surface area contributed by atoms with Crippen LogP contribution < -0.4 is 4.74 Å². The number of hydrogen-bond donors (Lipinski definition) is 0. The number of carbonyl (C=O) groups is 3. The number of ether oxygens (including phenoxy) is 1. The fourth-order valence-electron chi connectivity index (χ4n) is 3.10. The monoisotopic (exact) mass is 595 g/mol. The lowest BCUT2D eigenvalue weighted by Gasteiger charge is -2.13. The van der Waals surface area contributed by atoms with Gasteiger partial charge in [0.25, 0.3) is 11.1 Å². The van der Waals surface area contributed by atoms with E-state index in [4.69, 9.17) is 39.5 Å². The van der Waals surface area contributed by atoms with E-state index in [-0.39, 0.29) is 22.8 Å². The van der Waals surface area contributed by atoms with Gasteiger partial charge in [-0.3, -0.25) is 14.5 Å². The fourth-order valence-corrected chi connectivity index (χ4v) is 4.82. The van der Waals surface area contributed by atoms with Crippen molar-refractivity contribution in [2.75, 3.05) is 0 Å². The van der Waals surface area contributed by atoms with E-state index in [0.29, 0.717) is 30.7 Å². The standard InChI is InChI=1S/C24H13BrCl3NO4S/c25-16-5-7-20(33-23(31)14-2-1-3-17(26)10-14)15(9-16)11-21-22(30)29(24(32)34-21)12-13-4-6-18(27)19(28)8-13/h1-11H,12H2/b21-11-. The summed E-state index contributed by atoms with van der Waals surface area (Å²) in [5, 5.41) is 0.701. The minimum atomic E-state index is -0.604. The van der Waals surface area contributed by atoms with Crippen LogP contribution in [0.25, 0.3) is 6.08 Å². The van der Waals surface area contributed by atoms with E-state index in [1.165, 1.54) is 12.1 Å². The zero-order chi connectivity index (χ0) is 24.4. The fraction of sp³-hybridized carbons (Fsp3) is 0.0417. The lowest BCUT2D eigenvalue weighted by molar-refractivity contribution is -0.123. The Hall–Kier alpha value is -2.29. The summed E-state index contributed by atoms with van der Waals surface area (Å²) < 4.78 is 6.26. The van der Waals surface area contributed by atoms with E-state index in [9.17, 15) is 14.4 Å². The van der Waals surface area contributed by atoms with E-state index in [2.05, 4.69) is 15.9 Å². The second-order valence-electron chi connectivity index (χ2n) is 7.10. The molecular weight excluding hydrogens is 585 g/mol. The van der Waals surface area contributed by atoms with Crippen LogP contribution in [-0.2, 0) is 11.3 Å². The third kappa shape index (κ3) is 5.67. The van der Waals surface area contributed by atoms with Gasteiger partial charge in [-0.2, -0.15) is 0 Å². The lowest BCUT2D eigenvalue weighted by atomic mass is 10.1. The summed E-state index contributed by atoms with van der Waals surface area (Å²) in [4.78, 5) is 39.4. The number of amides is 2. The summed E-state index contributed by atoms with van der Waals surface area (Å²) in [6, 6.07) is 16.3. The van der Waals surface area contributed by atoms with E-state index in [0.717, 1.165) is 16.7 Å². The highest BCUT2D eigenvalue weighted by Crippen LogP contribution is 2.36. The Kier molecular flexibility index (Phi) is 7.70. The van der Waals surface area contributed by atoms with Crippen molar-refractivity contribution in [3.05, 3.63) is 102 Å². The molecule has 34 heavy (non-hydrogen) atoms. The molecule has 3 aromatic carbocycles. The summed E-state index contributed by atoms with van der Waals surface area (Å²) in [6.45, 7) is 0.0496. The maximum Gasteiger partial charge on any atom is 0.343 e. The van der Waals surface area contributed by atoms with E-state index >= 15 is 0 Å². The van der Waals surface area contributed by atoms with Crippen molar-refractivity contribution in [2.45, 2.75) is 6.54 Å². The summed E-state index contributed by atoms with van der Waals surface area (Å²) in [5.74, 6) is -0.843. The number of esters is 1. The molecule has 2 amide bonds. The highest BCUT2D eigenvalue weighted by molar-refractivity contribution is 9.10. The molecule has 10 heteroatoms. The molecule has 0 atom stereocenters. The zero-order valence-electron chi connectivity index (χ0n) is 17.1. The van der Waals surface area contributed by atoms with Gasteiger partial charge >= 0.3 is 5.97 Å². The summed E-state index contributed by atoms with van der Waals surface area (Å²) in [5.41, 5.74) is 1.39. The molecule has 0 spiro atoms. The average Bonchev–Trinajstić information content (AvgIpc) is 3.05. The van der Waals surface area contributed by atoms with Gasteiger partial charge in [0.2, 0.25) is 0 Å². The number of thioether (sulfide) groups is 1. The minimum absolute atomic E-state index is 0.0496. The van der Waals surface area contributed by atoms with Crippen LogP contribution in [0.15, 0.2) is 70.0 Å². The molecule has 4 rings (SSSR count). The SMILES string of the molecule is O=C(Oc1ccc(Br)cc1/C=C1\SC(=O)N(Cc2ccc(Cl)c(Cl)c2)C1=O)c1cccc(Cl)c1. The molecule has 0 aliphatic carbocycles. The predicted molar refractivity (Wildman–Crippen MR) is 139 cm³/mol. The van der Waals surface area contributed by atoms with Gasteiger partial charge in [0.05, 0.1) is 27.1 Å². The highest BCUT2D eigenvalue weighted by Gasteiger charge is 2.35. The largest absolute Gasteiger partial charge is 0.422 e. The summed E-state index contributed by atoms with van der Waals surface area (Å²) >= 11 is 22.1. The average molecular weight is 598 g/mol. The normalized spacial score (nSPS) is 14.7. The molecule has 0 bridgehead atoms. The Morgan fingerprint density at radius 1 is 1.00 bits per heavy atom. The third-order valence-electron chi connectivity index (χ3n) is 4.72. The Balaban J connectivity index is 1.59. The van der Waals surface area contributed by atoms with Gasteiger partial charge in [-0.05, 0) is 71.9 Å². The van der Waals surface area contributed by atoms with Crippen molar-refractivity contribution < 1.29 is 19.1 Å². The van der Waals surface area contributed by atoms with Crippen LogP contribution >= 0.6 is 62.5 Å². The van der Waals surface area contributed by atoms with Crippen LogP contribution in [0, 0.1) is 0 Å². The Morgan fingerprint density at radius 2 is 1.79 bits per heavy atom. The maximum absolute atomic E-state index is 13.0. The first-order valence-electron chi connectivity index (χ1n) is 9.68. The van der Waals surface area contributed by atoms with E-state index in [1.54, 1.807) is 54.6 Å². The third-order valence-corrected chi connectivity index (χ3v) is 7.09. The van der Waals surface area contributed by atoms with E-state index in [1.807, 2.05) is 0 Å². The van der Waals surface area contributed by atoms with Crippen molar-refractivity contribution >= 4 is 85.7 Å². The lowest BCUT2D eigenvalue weighted by Crippen LogP contribution is -2.27. The molecule has 0 unspecified atom stereocenters. The number of benzene rings is 3. The van der Waals surface area contributed by atoms with Crippen LogP contribution in [0.1, 0.15) is 21.5 Å². The van der Waals surface area contributed by atoms with Crippen LogP contribution in [0.2, 0.25) is 15.1 Å². The summed E-state index contributed by atoms with van der Waals surface area (Å²) in [6.07, 6.45) is 1.52. The number of rotatable bonds is 5. The molecular formula is C24H13BrCl3NO4S. The van der Waals surface area contributed by atoms with Gasteiger partial charge < -0.3 is 4.74 Å². The van der Waals surface area contributed by atoms with Gasteiger partial charge in [-0.25, -0.2) is 4.79 Å². The molecule has 0 aromatic heterocycles. The molecule has 1 fully saturated rings. The van der Waals surface area contributed by atoms with Gasteiger partial charge in [-0.1, -0.05) is 62.9 Å². The Bertz CT molecular complexity index is 1360. The Labute approximate surface area is 222 Å². The van der Waals surface area contributed by atoms with Crippen LogP contribution in [0.5, 0.6) is 5.75 Å². The zero-order valence-corrected chi connectivity index (χ0v) is 21.7. The molecule has 1 aliphatic rings. The van der Waals surface area contributed by atoms with Gasteiger partial charge in [0.1, 0.15) is 5.75 Å². The van der Waals surface area contributed by atoms with Crippen LogP contribution in [0.4, 0.5) is 4.79 Å². The van der Waals surface area contributed by atoms with Crippen LogP contribution in [0.3, 0.4) is 0 Å². The number of imide groups is 1. The minimum Gasteiger partial charge on any atom is -0.422 e. The predicted octanol–water partition coefficient (Wildman–Crippen LogP) is 7.87. The first-order chi connectivity index (χ1) is 16.2. The molecule has 1 heterocycles. The number of halogens is 4. The first kappa shape index (κ1) is 24.8. The quantitative estimate of drug-likeness (QED) is 0.170. The molecule has 3 aromatic rings. The molecule has 1 aliphatic heterocycles. The van der Waals surface area contributed by atoms with Gasteiger partial charge in [0, 0.05) is 15.1 Å². The molecule has 5 nitrogen and oxygen atoms in total. The smallest absolute Gasteiger partial charge is 0.343 e. The van der Waals surface area contributed by atoms with E-state index < -0.39 is 17.1 Å². The van der Waals surface area contributed by atoms with Gasteiger partial charge in [-0.15, -0.1) is 0 Å². The number of nitrogens with zero attached hydrogens (tertiary/aromatic N) is 1. The second-order valence-corrected chi connectivity index (χ2v) is 10.3. The molecule has 0 radical (unpaired) electrons. The Morgan fingerprint density at radius 3 is 2.53 bits per heavy atom. The number of hydrogen-bond acceptors (Lipinski definition) is 5. The number of carbonyl (C=O) groups excluding carboxylic acids is 3. The van der Waals surface area contributed by atoms with Crippen molar-refractivity contribution in [1.82, 2.24) is 4.90 Å². The molecule has 172 valence electrons. The van der Waals surface area contributed by atoms with Gasteiger partial charge in [0.15, 0.2) is 0 Å².